The van der Waals surface area contributed by atoms with E-state index >= 15 is 0 Å². The second kappa shape index (κ2) is 8.56. The second-order valence-corrected chi connectivity index (χ2v) is 5.51. The van der Waals surface area contributed by atoms with Crippen LogP contribution in [0, 0.1) is 0 Å². The Morgan fingerprint density at radius 3 is 2.88 bits per heavy atom. The minimum atomic E-state index is -0.498. The molecule has 24 heavy (non-hydrogen) atoms. The number of carbonyl (C=O) groups is 1. The number of nitrogens with zero attached hydrogens (tertiary/aromatic N) is 4. The first-order chi connectivity index (χ1) is 11.2. The quantitative estimate of drug-likeness (QED) is 0.797. The SMILES string of the molecule is CC(C(=O)NCC1=CCNCC1)n1nnc(-c2ccccc2)n1.Cl. The zero-order chi connectivity index (χ0) is 16.1. The molecule has 1 unspecified atom stereocenters. The van der Waals surface area contributed by atoms with Gasteiger partial charge in [0.25, 0.3) is 0 Å². The van der Waals surface area contributed by atoms with E-state index in [1.807, 2.05) is 30.3 Å². The predicted octanol–water partition coefficient (Wildman–Crippen LogP) is 1.36. The molecule has 2 heterocycles. The van der Waals surface area contributed by atoms with Crippen molar-refractivity contribution in [3.8, 4) is 11.4 Å². The summed E-state index contributed by atoms with van der Waals surface area (Å²) in [6, 6.07) is 9.09. The molecule has 0 fully saturated rings. The Morgan fingerprint density at radius 1 is 1.38 bits per heavy atom. The van der Waals surface area contributed by atoms with Gasteiger partial charge in [0.1, 0.15) is 6.04 Å². The van der Waals surface area contributed by atoms with Gasteiger partial charge in [-0.1, -0.05) is 42.0 Å². The fourth-order valence-corrected chi connectivity index (χ4v) is 2.38. The van der Waals surface area contributed by atoms with E-state index in [9.17, 15) is 4.79 Å². The van der Waals surface area contributed by atoms with Crippen LogP contribution in [-0.4, -0.2) is 45.7 Å². The monoisotopic (exact) mass is 348 g/mol. The lowest BCUT2D eigenvalue weighted by Crippen LogP contribution is -2.34. The van der Waals surface area contributed by atoms with Crippen LogP contribution >= 0.6 is 12.4 Å². The Kier molecular flexibility index (Phi) is 6.45. The van der Waals surface area contributed by atoms with Crippen LogP contribution in [0.25, 0.3) is 11.4 Å². The normalized spacial score (nSPS) is 15.1. The van der Waals surface area contributed by atoms with Gasteiger partial charge in [-0.2, -0.15) is 4.80 Å². The summed E-state index contributed by atoms with van der Waals surface area (Å²) in [5.41, 5.74) is 2.13. The average molecular weight is 349 g/mol. The van der Waals surface area contributed by atoms with Crippen molar-refractivity contribution >= 4 is 18.3 Å². The minimum absolute atomic E-state index is 0. The highest BCUT2D eigenvalue weighted by molar-refractivity contribution is 5.85. The molecule has 1 aliphatic heterocycles. The van der Waals surface area contributed by atoms with Crippen molar-refractivity contribution < 1.29 is 4.79 Å². The standard InChI is InChI=1S/C16H20N6O.ClH/c1-12(16(23)18-11-13-7-9-17-10-8-13)22-20-15(19-21-22)14-5-3-2-4-6-14;/h2-7,12,17H,8-11H2,1H3,(H,18,23);1H. The van der Waals surface area contributed by atoms with Gasteiger partial charge in [0, 0.05) is 18.7 Å². The number of amides is 1. The third-order valence-corrected chi connectivity index (χ3v) is 3.83. The lowest BCUT2D eigenvalue weighted by molar-refractivity contribution is -0.124. The van der Waals surface area contributed by atoms with Crippen molar-refractivity contribution in [2.24, 2.45) is 0 Å². The van der Waals surface area contributed by atoms with E-state index in [4.69, 9.17) is 0 Å². The summed E-state index contributed by atoms with van der Waals surface area (Å²) in [5.74, 6) is 0.410. The fraction of sp³-hybridized carbons (Fsp3) is 0.375. The van der Waals surface area contributed by atoms with Crippen LogP contribution in [0.4, 0.5) is 0 Å². The molecule has 1 atom stereocenters. The molecule has 0 aliphatic carbocycles. The molecule has 8 heteroatoms. The molecule has 2 aromatic rings. The molecule has 0 spiro atoms. The number of carbonyl (C=O) groups excluding carboxylic acids is 1. The van der Waals surface area contributed by atoms with E-state index in [0.717, 1.165) is 25.1 Å². The number of nitrogens with one attached hydrogen (secondary N) is 2. The van der Waals surface area contributed by atoms with Crippen molar-refractivity contribution in [2.45, 2.75) is 19.4 Å². The maximum absolute atomic E-state index is 12.2. The Bertz CT molecular complexity index is 700. The lowest BCUT2D eigenvalue weighted by Gasteiger charge is -2.16. The number of tetrazole rings is 1. The van der Waals surface area contributed by atoms with Gasteiger partial charge in [0.05, 0.1) is 0 Å². The van der Waals surface area contributed by atoms with Crippen LogP contribution < -0.4 is 10.6 Å². The van der Waals surface area contributed by atoms with Crippen molar-refractivity contribution in [2.75, 3.05) is 19.6 Å². The first kappa shape index (κ1) is 18.1. The zero-order valence-corrected chi connectivity index (χ0v) is 14.3. The van der Waals surface area contributed by atoms with Gasteiger partial charge in [-0.3, -0.25) is 4.79 Å². The lowest BCUT2D eigenvalue weighted by atomic mass is 10.1. The van der Waals surface area contributed by atoms with Crippen LogP contribution in [0.15, 0.2) is 42.0 Å². The van der Waals surface area contributed by atoms with E-state index < -0.39 is 6.04 Å². The number of benzene rings is 1. The Balaban J connectivity index is 0.00000208. The highest BCUT2D eigenvalue weighted by atomic mass is 35.5. The summed E-state index contributed by atoms with van der Waals surface area (Å²) < 4.78 is 0. The van der Waals surface area contributed by atoms with Gasteiger partial charge in [-0.15, -0.1) is 22.6 Å². The predicted molar refractivity (Wildman–Crippen MR) is 93.8 cm³/mol. The summed E-state index contributed by atoms with van der Waals surface area (Å²) in [6.07, 6.45) is 3.09. The largest absolute Gasteiger partial charge is 0.350 e. The Morgan fingerprint density at radius 2 is 2.17 bits per heavy atom. The first-order valence-corrected chi connectivity index (χ1v) is 7.75. The molecule has 1 aromatic carbocycles. The minimum Gasteiger partial charge on any atom is -0.350 e. The van der Waals surface area contributed by atoms with Gasteiger partial charge < -0.3 is 10.6 Å². The number of hydrogen-bond acceptors (Lipinski definition) is 5. The van der Waals surface area contributed by atoms with Gasteiger partial charge in [-0.05, 0) is 25.1 Å². The summed E-state index contributed by atoms with van der Waals surface area (Å²) in [5, 5.41) is 18.5. The molecule has 0 radical (unpaired) electrons. The third kappa shape index (κ3) is 4.39. The summed E-state index contributed by atoms with van der Waals surface area (Å²) >= 11 is 0. The molecule has 3 rings (SSSR count). The van der Waals surface area contributed by atoms with E-state index in [0.29, 0.717) is 12.4 Å². The molecule has 0 bridgehead atoms. The molecule has 1 aromatic heterocycles. The van der Waals surface area contributed by atoms with E-state index in [1.165, 1.54) is 10.4 Å². The zero-order valence-electron chi connectivity index (χ0n) is 13.5. The van der Waals surface area contributed by atoms with Crippen LogP contribution in [0.2, 0.25) is 0 Å². The van der Waals surface area contributed by atoms with Crippen LogP contribution in [0.3, 0.4) is 0 Å². The van der Waals surface area contributed by atoms with Crippen molar-refractivity contribution in [1.29, 1.82) is 0 Å². The maximum Gasteiger partial charge on any atom is 0.246 e. The smallest absolute Gasteiger partial charge is 0.246 e. The molecule has 1 aliphatic rings. The van der Waals surface area contributed by atoms with Gasteiger partial charge in [0.2, 0.25) is 11.7 Å². The topological polar surface area (TPSA) is 84.7 Å². The highest BCUT2D eigenvalue weighted by Gasteiger charge is 2.18. The van der Waals surface area contributed by atoms with Crippen LogP contribution in [0.1, 0.15) is 19.4 Å². The molecular formula is C16H21ClN6O. The van der Waals surface area contributed by atoms with Crippen LogP contribution in [-0.2, 0) is 4.79 Å². The van der Waals surface area contributed by atoms with Gasteiger partial charge in [-0.25, -0.2) is 0 Å². The van der Waals surface area contributed by atoms with Gasteiger partial charge >= 0.3 is 0 Å². The summed E-state index contributed by atoms with van der Waals surface area (Å²) in [6.45, 7) is 4.17. The first-order valence-electron chi connectivity index (χ1n) is 7.75. The van der Waals surface area contributed by atoms with E-state index in [2.05, 4.69) is 32.1 Å². The molecule has 0 saturated carbocycles. The Hall–Kier alpha value is -2.25. The molecular weight excluding hydrogens is 328 g/mol. The number of halogens is 1. The number of hydrogen-bond donors (Lipinski definition) is 2. The molecule has 0 saturated heterocycles. The van der Waals surface area contributed by atoms with Gasteiger partial charge in [0.15, 0.2) is 0 Å². The summed E-state index contributed by atoms with van der Waals surface area (Å²) in [4.78, 5) is 13.6. The maximum atomic E-state index is 12.2. The number of aromatic nitrogens is 4. The molecule has 2 N–H and O–H groups in total. The summed E-state index contributed by atoms with van der Waals surface area (Å²) in [7, 11) is 0. The van der Waals surface area contributed by atoms with Crippen molar-refractivity contribution in [3.63, 3.8) is 0 Å². The Labute approximate surface area is 146 Å². The molecule has 128 valence electrons. The molecule has 1 amide bonds. The fourth-order valence-electron chi connectivity index (χ4n) is 2.38. The van der Waals surface area contributed by atoms with Crippen molar-refractivity contribution in [1.82, 2.24) is 30.8 Å². The van der Waals surface area contributed by atoms with Crippen molar-refractivity contribution in [3.05, 3.63) is 42.0 Å². The average Bonchev–Trinajstić information content (AvgIpc) is 3.11. The highest BCUT2D eigenvalue weighted by Crippen LogP contribution is 2.13. The number of rotatable bonds is 5. The van der Waals surface area contributed by atoms with E-state index in [1.54, 1.807) is 6.92 Å². The van der Waals surface area contributed by atoms with Crippen LogP contribution in [0.5, 0.6) is 0 Å². The second-order valence-electron chi connectivity index (χ2n) is 5.51. The third-order valence-electron chi connectivity index (χ3n) is 3.83. The molecule has 7 nitrogen and oxygen atoms in total. The van der Waals surface area contributed by atoms with E-state index in [-0.39, 0.29) is 18.3 Å².